The minimum Gasteiger partial charge on any atom is -0.462 e. The molecule has 0 aliphatic rings. The van der Waals surface area contributed by atoms with E-state index in [0.717, 1.165) is 64.2 Å². The first-order valence-electron chi connectivity index (χ1n) is 30.3. The molecule has 0 saturated heterocycles. The highest BCUT2D eigenvalue weighted by Gasteiger charge is 2.16. The molecule has 1 atom stereocenters. The monoisotopic (exact) mass is 965 g/mol. The van der Waals surface area contributed by atoms with E-state index in [4.69, 9.17) is 9.47 Å². The van der Waals surface area contributed by atoms with Gasteiger partial charge in [0.05, 0.1) is 6.61 Å². The molecule has 0 rings (SSSR count). The summed E-state index contributed by atoms with van der Waals surface area (Å²) in [5, 5.41) is 9.66. The van der Waals surface area contributed by atoms with E-state index in [0.29, 0.717) is 12.8 Å². The van der Waals surface area contributed by atoms with Gasteiger partial charge in [-0.05, 0) is 57.8 Å². The summed E-state index contributed by atoms with van der Waals surface area (Å²) in [6, 6.07) is 0. The van der Waals surface area contributed by atoms with Crippen LogP contribution in [-0.2, 0) is 19.1 Å². The smallest absolute Gasteiger partial charge is 0.306 e. The van der Waals surface area contributed by atoms with Crippen molar-refractivity contribution in [2.75, 3.05) is 13.2 Å². The van der Waals surface area contributed by atoms with E-state index in [1.54, 1.807) is 0 Å². The zero-order chi connectivity index (χ0) is 49.9. The number of carbonyl (C=O) groups excluding carboxylic acids is 2. The first-order valence-corrected chi connectivity index (χ1v) is 30.3. The quantitative estimate of drug-likeness (QED) is 0.0373. The first-order chi connectivity index (χ1) is 34.1. The second-order valence-corrected chi connectivity index (χ2v) is 20.4. The Labute approximate surface area is 430 Å². The maximum absolute atomic E-state index is 12.3. The van der Waals surface area contributed by atoms with Gasteiger partial charge in [-0.2, -0.15) is 0 Å². The minimum absolute atomic E-state index is 0.0606. The fraction of sp³-hybridized carbons (Fsp3) is 0.812. The van der Waals surface area contributed by atoms with E-state index < -0.39 is 6.10 Å². The SMILES string of the molecule is CC/C=C\C/C=C\C/C=C\C/C=C\C/C=C\CCCCCCCCCCCCCCCCCCCCCC(=O)OC(CO)COC(=O)CCCCCCCCCCCCCCCCCCCCCC. The summed E-state index contributed by atoms with van der Waals surface area (Å²) in [6.45, 7) is 4.07. The Morgan fingerprint density at radius 1 is 0.348 bits per heavy atom. The fourth-order valence-corrected chi connectivity index (χ4v) is 9.06. The summed E-state index contributed by atoms with van der Waals surface area (Å²) < 4.78 is 10.7. The van der Waals surface area contributed by atoms with Crippen LogP contribution in [0.3, 0.4) is 0 Å². The highest BCUT2D eigenvalue weighted by Crippen LogP contribution is 2.18. The zero-order valence-electron chi connectivity index (χ0n) is 46.1. The Balaban J connectivity index is 3.42. The molecule has 0 aromatic carbocycles. The summed E-state index contributed by atoms with van der Waals surface area (Å²) in [4.78, 5) is 24.5. The predicted molar refractivity (Wildman–Crippen MR) is 302 cm³/mol. The molecule has 0 fully saturated rings. The zero-order valence-corrected chi connectivity index (χ0v) is 46.1. The third-order valence-electron chi connectivity index (χ3n) is 13.6. The van der Waals surface area contributed by atoms with Crippen LogP contribution in [0.15, 0.2) is 60.8 Å². The normalized spacial score (nSPS) is 12.6. The van der Waals surface area contributed by atoms with Gasteiger partial charge in [-0.1, -0.05) is 306 Å². The average Bonchev–Trinajstić information content (AvgIpc) is 3.35. The van der Waals surface area contributed by atoms with Crippen LogP contribution >= 0.6 is 0 Å². The number of allylic oxidation sites excluding steroid dienone is 10. The third-order valence-corrected chi connectivity index (χ3v) is 13.6. The topological polar surface area (TPSA) is 72.8 Å². The van der Waals surface area contributed by atoms with Crippen molar-refractivity contribution in [2.45, 2.75) is 322 Å². The van der Waals surface area contributed by atoms with Gasteiger partial charge in [-0.15, -0.1) is 0 Å². The van der Waals surface area contributed by atoms with E-state index in [-0.39, 0.29) is 25.2 Å². The van der Waals surface area contributed by atoms with E-state index in [2.05, 4.69) is 74.6 Å². The number of carbonyl (C=O) groups is 2. The number of hydrogen-bond acceptors (Lipinski definition) is 5. The predicted octanol–water partition coefficient (Wildman–Crippen LogP) is 20.6. The van der Waals surface area contributed by atoms with Crippen molar-refractivity contribution in [1.82, 2.24) is 0 Å². The number of rotatable bonds is 56. The van der Waals surface area contributed by atoms with Crippen LogP contribution in [0.5, 0.6) is 0 Å². The lowest BCUT2D eigenvalue weighted by Gasteiger charge is -2.15. The maximum Gasteiger partial charge on any atom is 0.306 e. The second-order valence-electron chi connectivity index (χ2n) is 20.4. The van der Waals surface area contributed by atoms with Gasteiger partial charge in [0.15, 0.2) is 6.10 Å². The molecule has 0 heterocycles. The molecule has 1 N–H and O–H groups in total. The average molecular weight is 966 g/mol. The van der Waals surface area contributed by atoms with Gasteiger partial charge in [-0.25, -0.2) is 0 Å². The molecule has 0 aromatic rings. The van der Waals surface area contributed by atoms with Crippen LogP contribution in [0.2, 0.25) is 0 Å². The van der Waals surface area contributed by atoms with Crippen molar-refractivity contribution in [3.63, 3.8) is 0 Å². The molecule has 0 saturated carbocycles. The van der Waals surface area contributed by atoms with Gasteiger partial charge in [0.2, 0.25) is 0 Å². The summed E-state index contributed by atoms with van der Waals surface area (Å²) in [7, 11) is 0. The molecular weight excluding hydrogens is 849 g/mol. The summed E-state index contributed by atoms with van der Waals surface area (Å²) >= 11 is 0. The van der Waals surface area contributed by atoms with Gasteiger partial charge in [0.25, 0.3) is 0 Å². The van der Waals surface area contributed by atoms with Crippen LogP contribution in [0, 0.1) is 0 Å². The third kappa shape index (κ3) is 58.1. The summed E-state index contributed by atoms with van der Waals surface area (Å²) in [5.74, 6) is -0.572. The minimum atomic E-state index is -0.770. The number of aliphatic hydroxyl groups is 1. The van der Waals surface area contributed by atoms with Crippen LogP contribution in [0.25, 0.3) is 0 Å². The van der Waals surface area contributed by atoms with Gasteiger partial charge < -0.3 is 14.6 Å². The van der Waals surface area contributed by atoms with Gasteiger partial charge in [-0.3, -0.25) is 9.59 Å². The lowest BCUT2D eigenvalue weighted by atomic mass is 10.0. The Morgan fingerprint density at radius 3 is 0.942 bits per heavy atom. The number of aliphatic hydroxyl groups excluding tert-OH is 1. The van der Waals surface area contributed by atoms with Crippen LogP contribution in [-0.4, -0.2) is 36.4 Å². The summed E-state index contributed by atoms with van der Waals surface area (Å²) in [5.41, 5.74) is 0. The van der Waals surface area contributed by atoms with E-state index in [1.807, 2.05) is 0 Å². The molecule has 0 aliphatic carbocycles. The number of ether oxygens (including phenoxy) is 2. The van der Waals surface area contributed by atoms with Crippen LogP contribution in [0.4, 0.5) is 0 Å². The number of hydrogen-bond donors (Lipinski definition) is 1. The highest BCUT2D eigenvalue weighted by molar-refractivity contribution is 5.70. The van der Waals surface area contributed by atoms with Crippen LogP contribution < -0.4 is 0 Å². The molecule has 0 aromatic heterocycles. The molecule has 0 radical (unpaired) electrons. The first kappa shape index (κ1) is 66.6. The maximum atomic E-state index is 12.3. The molecule has 0 spiro atoms. The summed E-state index contributed by atoms with van der Waals surface area (Å²) in [6.07, 6.45) is 80.7. The Morgan fingerprint density at radius 2 is 0.623 bits per heavy atom. The lowest BCUT2D eigenvalue weighted by molar-refractivity contribution is -0.161. The van der Waals surface area contributed by atoms with E-state index in [1.165, 1.54) is 225 Å². The van der Waals surface area contributed by atoms with Gasteiger partial charge in [0.1, 0.15) is 6.61 Å². The largest absolute Gasteiger partial charge is 0.462 e. The Kier molecular flexibility index (Phi) is 57.8. The molecule has 402 valence electrons. The standard InChI is InChI=1S/C64H116O5/c1-3-5-7-9-11-13-15-17-19-21-23-25-26-27-28-29-30-31-32-33-34-35-36-37-38-39-41-43-45-47-49-51-53-55-57-59-64(67)69-62(60-65)61-68-63(66)58-56-54-52-50-48-46-44-42-40-24-22-20-18-16-14-12-10-8-6-4-2/h5,7,11,13,17,19,23,25,27-28,62,65H,3-4,6,8-10,12,14-16,18,20-22,24,26,29-61H2,1-2H3/b7-5-,13-11-,19-17-,25-23-,28-27-. The number of unbranched alkanes of at least 4 members (excludes halogenated alkanes) is 38. The number of esters is 2. The Hall–Kier alpha value is -2.40. The second kappa shape index (κ2) is 59.9. The molecule has 5 heteroatoms. The lowest BCUT2D eigenvalue weighted by Crippen LogP contribution is -2.28. The van der Waals surface area contributed by atoms with Gasteiger partial charge in [0, 0.05) is 12.8 Å². The van der Waals surface area contributed by atoms with E-state index >= 15 is 0 Å². The van der Waals surface area contributed by atoms with Crippen molar-refractivity contribution in [3.8, 4) is 0 Å². The van der Waals surface area contributed by atoms with Crippen molar-refractivity contribution in [1.29, 1.82) is 0 Å². The van der Waals surface area contributed by atoms with Crippen molar-refractivity contribution in [3.05, 3.63) is 60.8 Å². The van der Waals surface area contributed by atoms with E-state index in [9.17, 15) is 14.7 Å². The molecule has 0 bridgehead atoms. The molecule has 0 amide bonds. The van der Waals surface area contributed by atoms with Crippen LogP contribution in [0.1, 0.15) is 316 Å². The molecular formula is C64H116O5. The van der Waals surface area contributed by atoms with Gasteiger partial charge >= 0.3 is 11.9 Å². The Bertz CT molecular complexity index is 1180. The molecule has 69 heavy (non-hydrogen) atoms. The molecule has 5 nitrogen and oxygen atoms in total. The van der Waals surface area contributed by atoms with Crippen molar-refractivity contribution >= 4 is 11.9 Å². The van der Waals surface area contributed by atoms with Crippen molar-refractivity contribution in [2.24, 2.45) is 0 Å². The van der Waals surface area contributed by atoms with Crippen molar-refractivity contribution < 1.29 is 24.2 Å². The highest BCUT2D eigenvalue weighted by atomic mass is 16.6. The molecule has 0 aliphatic heterocycles. The molecule has 1 unspecified atom stereocenters. The fourth-order valence-electron chi connectivity index (χ4n) is 9.06.